The Bertz CT molecular complexity index is 447. The fraction of sp³-hybridized carbons (Fsp3) is 0.562. The van der Waals surface area contributed by atoms with Gasteiger partial charge in [-0.1, -0.05) is 12.1 Å². The van der Waals surface area contributed by atoms with E-state index in [-0.39, 0.29) is 6.42 Å². The van der Waals surface area contributed by atoms with Crippen molar-refractivity contribution in [2.45, 2.75) is 38.1 Å². The molecule has 0 aliphatic carbocycles. The van der Waals surface area contributed by atoms with Crippen molar-refractivity contribution in [3.05, 3.63) is 29.8 Å². The molecular formula is C16H23NO3. The number of hydrogen-bond donors (Lipinski definition) is 1. The lowest BCUT2D eigenvalue weighted by Gasteiger charge is -2.25. The molecule has 2 rings (SSSR count). The smallest absolute Gasteiger partial charge is 0.303 e. The highest BCUT2D eigenvalue weighted by Gasteiger charge is 2.25. The summed E-state index contributed by atoms with van der Waals surface area (Å²) in [7, 11) is 1.69. The minimum absolute atomic E-state index is 0.275. The van der Waals surface area contributed by atoms with Gasteiger partial charge in [0.1, 0.15) is 5.75 Å². The number of carboxylic acid groups (broad SMARTS) is 1. The van der Waals surface area contributed by atoms with Crippen LogP contribution in [0.2, 0.25) is 0 Å². The van der Waals surface area contributed by atoms with Gasteiger partial charge in [-0.3, -0.25) is 9.69 Å². The number of benzene rings is 1. The van der Waals surface area contributed by atoms with Crippen LogP contribution in [0.1, 0.15) is 43.7 Å². The number of likely N-dealkylation sites (tertiary alicyclic amines) is 1. The molecule has 0 bridgehead atoms. The second-order valence-electron chi connectivity index (χ2n) is 5.32. The summed E-state index contributed by atoms with van der Waals surface area (Å²) in [6.07, 6.45) is 4.37. The van der Waals surface area contributed by atoms with Crippen LogP contribution in [0.25, 0.3) is 0 Å². The maximum absolute atomic E-state index is 10.5. The van der Waals surface area contributed by atoms with Crippen LogP contribution in [0.5, 0.6) is 5.75 Å². The zero-order valence-electron chi connectivity index (χ0n) is 12.0. The van der Waals surface area contributed by atoms with Gasteiger partial charge in [-0.05, 0) is 56.5 Å². The molecule has 0 radical (unpaired) electrons. The number of methoxy groups -OCH3 is 1. The molecule has 0 saturated carbocycles. The summed E-state index contributed by atoms with van der Waals surface area (Å²) in [6.45, 7) is 2.09. The lowest BCUT2D eigenvalue weighted by Crippen LogP contribution is -2.24. The fourth-order valence-corrected chi connectivity index (χ4v) is 2.91. The molecule has 1 saturated heterocycles. The van der Waals surface area contributed by atoms with Crippen LogP contribution >= 0.6 is 0 Å². The minimum Gasteiger partial charge on any atom is -0.497 e. The third-order valence-electron chi connectivity index (χ3n) is 3.93. The van der Waals surface area contributed by atoms with Crippen molar-refractivity contribution < 1.29 is 14.6 Å². The van der Waals surface area contributed by atoms with Gasteiger partial charge in [0.2, 0.25) is 0 Å². The first-order chi connectivity index (χ1) is 9.70. The summed E-state index contributed by atoms with van der Waals surface area (Å²) >= 11 is 0. The minimum atomic E-state index is -0.698. The van der Waals surface area contributed by atoms with E-state index in [0.717, 1.165) is 31.7 Å². The van der Waals surface area contributed by atoms with E-state index in [4.69, 9.17) is 9.84 Å². The van der Waals surface area contributed by atoms with Crippen molar-refractivity contribution in [3.63, 3.8) is 0 Å². The second-order valence-corrected chi connectivity index (χ2v) is 5.32. The summed E-state index contributed by atoms with van der Waals surface area (Å²) in [5.41, 5.74) is 1.31. The molecule has 4 nitrogen and oxygen atoms in total. The number of carbonyl (C=O) groups is 1. The molecule has 1 unspecified atom stereocenters. The average Bonchev–Trinajstić information content (AvgIpc) is 2.92. The largest absolute Gasteiger partial charge is 0.497 e. The first-order valence-electron chi connectivity index (χ1n) is 7.30. The number of unbranched alkanes of at least 4 members (excludes halogenated alkanes) is 1. The first-order valence-corrected chi connectivity index (χ1v) is 7.30. The number of ether oxygens (including phenoxy) is 1. The highest BCUT2D eigenvalue weighted by molar-refractivity contribution is 5.66. The molecule has 1 aliphatic heterocycles. The predicted octanol–water partition coefficient (Wildman–Crippen LogP) is 3.09. The second kappa shape index (κ2) is 7.29. The average molecular weight is 277 g/mol. The third kappa shape index (κ3) is 3.97. The van der Waals surface area contributed by atoms with Gasteiger partial charge in [0.15, 0.2) is 0 Å². The molecule has 4 heteroatoms. The van der Waals surface area contributed by atoms with E-state index in [0.29, 0.717) is 6.04 Å². The zero-order valence-corrected chi connectivity index (χ0v) is 12.0. The molecule has 0 amide bonds. The lowest BCUT2D eigenvalue weighted by molar-refractivity contribution is -0.137. The molecule has 0 aromatic heterocycles. The molecule has 1 aromatic carbocycles. The van der Waals surface area contributed by atoms with Crippen molar-refractivity contribution in [3.8, 4) is 5.75 Å². The van der Waals surface area contributed by atoms with Crippen molar-refractivity contribution >= 4 is 5.97 Å². The van der Waals surface area contributed by atoms with Crippen LogP contribution < -0.4 is 4.74 Å². The maximum atomic E-state index is 10.5. The monoisotopic (exact) mass is 277 g/mol. The summed E-state index contributed by atoms with van der Waals surface area (Å²) in [6, 6.07) is 8.73. The summed E-state index contributed by atoms with van der Waals surface area (Å²) in [5.74, 6) is 0.205. The molecule has 1 fully saturated rings. The van der Waals surface area contributed by atoms with E-state index in [1.807, 2.05) is 12.1 Å². The van der Waals surface area contributed by atoms with Crippen molar-refractivity contribution in [2.75, 3.05) is 20.2 Å². The first kappa shape index (κ1) is 14.9. The van der Waals surface area contributed by atoms with Gasteiger partial charge in [0, 0.05) is 12.5 Å². The quantitative estimate of drug-likeness (QED) is 0.778. The number of carboxylic acids is 1. The molecule has 110 valence electrons. The lowest BCUT2D eigenvalue weighted by atomic mass is 10.0. The van der Waals surface area contributed by atoms with E-state index in [2.05, 4.69) is 17.0 Å². The Morgan fingerprint density at radius 2 is 2.30 bits per heavy atom. The van der Waals surface area contributed by atoms with Crippen molar-refractivity contribution in [1.29, 1.82) is 0 Å². The van der Waals surface area contributed by atoms with E-state index in [1.54, 1.807) is 7.11 Å². The van der Waals surface area contributed by atoms with Gasteiger partial charge in [0.25, 0.3) is 0 Å². The van der Waals surface area contributed by atoms with Crippen molar-refractivity contribution in [1.82, 2.24) is 4.90 Å². The molecule has 1 atom stereocenters. The SMILES string of the molecule is COc1cccc(C2CCCN2CCCCC(=O)O)c1. The summed E-state index contributed by atoms with van der Waals surface area (Å²) in [4.78, 5) is 13.0. The zero-order chi connectivity index (χ0) is 14.4. The van der Waals surface area contributed by atoms with Crippen LogP contribution in [0.3, 0.4) is 0 Å². The standard InChI is InChI=1S/C16H23NO3/c1-20-14-7-4-6-13(12-14)15-8-5-11-17(15)10-3-2-9-16(18)19/h4,6-7,12,15H,2-3,5,8-11H2,1H3,(H,18,19). The topological polar surface area (TPSA) is 49.8 Å². The highest BCUT2D eigenvalue weighted by Crippen LogP contribution is 2.33. The van der Waals surface area contributed by atoms with Crippen LogP contribution in [0.15, 0.2) is 24.3 Å². The normalized spacial score (nSPS) is 19.1. The molecule has 1 aromatic rings. The summed E-state index contributed by atoms with van der Waals surface area (Å²) in [5, 5.41) is 8.67. The molecule has 0 spiro atoms. The third-order valence-corrected chi connectivity index (χ3v) is 3.93. The number of nitrogens with zero attached hydrogens (tertiary/aromatic N) is 1. The highest BCUT2D eigenvalue weighted by atomic mass is 16.5. The van der Waals surface area contributed by atoms with Gasteiger partial charge in [-0.15, -0.1) is 0 Å². The summed E-state index contributed by atoms with van der Waals surface area (Å²) < 4.78 is 5.29. The Labute approximate surface area is 120 Å². The van der Waals surface area contributed by atoms with Crippen LogP contribution in [-0.2, 0) is 4.79 Å². The van der Waals surface area contributed by atoms with Crippen LogP contribution in [0.4, 0.5) is 0 Å². The number of rotatable bonds is 7. The predicted molar refractivity (Wildman–Crippen MR) is 78.0 cm³/mol. The van der Waals surface area contributed by atoms with Gasteiger partial charge in [0.05, 0.1) is 7.11 Å². The van der Waals surface area contributed by atoms with Gasteiger partial charge in [-0.25, -0.2) is 0 Å². The Morgan fingerprint density at radius 3 is 3.05 bits per heavy atom. The molecule has 1 N–H and O–H groups in total. The Kier molecular flexibility index (Phi) is 5.41. The molecule has 1 heterocycles. The Hall–Kier alpha value is -1.55. The molecule has 1 aliphatic rings. The van der Waals surface area contributed by atoms with E-state index >= 15 is 0 Å². The maximum Gasteiger partial charge on any atom is 0.303 e. The van der Waals surface area contributed by atoms with Crippen LogP contribution in [0, 0.1) is 0 Å². The Morgan fingerprint density at radius 1 is 1.45 bits per heavy atom. The van der Waals surface area contributed by atoms with Crippen LogP contribution in [-0.4, -0.2) is 36.2 Å². The van der Waals surface area contributed by atoms with Gasteiger partial charge in [-0.2, -0.15) is 0 Å². The Balaban J connectivity index is 1.91. The number of hydrogen-bond acceptors (Lipinski definition) is 3. The van der Waals surface area contributed by atoms with E-state index in [1.165, 1.54) is 18.4 Å². The molecule has 20 heavy (non-hydrogen) atoms. The van der Waals surface area contributed by atoms with Gasteiger partial charge >= 0.3 is 5.97 Å². The fourth-order valence-electron chi connectivity index (χ4n) is 2.91. The number of aliphatic carboxylic acids is 1. The van der Waals surface area contributed by atoms with E-state index in [9.17, 15) is 4.79 Å². The van der Waals surface area contributed by atoms with Gasteiger partial charge < -0.3 is 9.84 Å². The molecular weight excluding hydrogens is 254 g/mol. The van der Waals surface area contributed by atoms with E-state index < -0.39 is 5.97 Å². The van der Waals surface area contributed by atoms with Crippen molar-refractivity contribution in [2.24, 2.45) is 0 Å².